The number of halogens is 2. The van der Waals surface area contributed by atoms with E-state index in [0.717, 1.165) is 4.57 Å². The van der Waals surface area contributed by atoms with Crippen molar-refractivity contribution in [1.29, 1.82) is 0 Å². The molecule has 5 nitrogen and oxygen atoms in total. The summed E-state index contributed by atoms with van der Waals surface area (Å²) in [5, 5.41) is 9.06. The van der Waals surface area contributed by atoms with Crippen molar-refractivity contribution >= 4 is 23.2 Å². The molecule has 78 valence electrons. The number of H-pyrrole nitrogens is 1. The molecular formula is C7H8Cl2N2O3. The van der Waals surface area contributed by atoms with Gasteiger partial charge in [-0.3, -0.25) is 14.3 Å². The number of alkyl halides is 1. The molecule has 0 aliphatic rings. The summed E-state index contributed by atoms with van der Waals surface area (Å²) in [7, 11) is 0. The summed E-state index contributed by atoms with van der Waals surface area (Å²) in [5.41, 5.74) is -1.27. The number of rotatable bonds is 3. The van der Waals surface area contributed by atoms with Crippen LogP contribution in [0.4, 0.5) is 0 Å². The molecule has 0 aromatic carbocycles. The first-order valence-corrected chi connectivity index (χ1v) is 4.69. The molecule has 1 atom stereocenters. The number of aliphatic hydroxyl groups is 1. The number of nitrogens with zero attached hydrogens (tertiary/aromatic N) is 1. The van der Waals surface area contributed by atoms with Gasteiger partial charge in [0.1, 0.15) is 5.02 Å². The summed E-state index contributed by atoms with van der Waals surface area (Å²) >= 11 is 10.8. The highest BCUT2D eigenvalue weighted by atomic mass is 35.5. The highest BCUT2D eigenvalue weighted by molar-refractivity contribution is 6.30. The van der Waals surface area contributed by atoms with E-state index in [9.17, 15) is 9.59 Å². The molecule has 1 rings (SSSR count). The van der Waals surface area contributed by atoms with Crippen molar-refractivity contribution in [2.24, 2.45) is 0 Å². The average Bonchev–Trinajstić information content (AvgIpc) is 2.14. The van der Waals surface area contributed by atoms with Crippen molar-refractivity contribution in [3.05, 3.63) is 32.1 Å². The Hall–Kier alpha value is -0.780. The molecule has 7 heteroatoms. The number of aromatic amines is 1. The van der Waals surface area contributed by atoms with E-state index in [4.69, 9.17) is 28.3 Å². The molecule has 0 aliphatic heterocycles. The van der Waals surface area contributed by atoms with Crippen LogP contribution >= 0.6 is 23.2 Å². The molecule has 0 fully saturated rings. The lowest BCUT2D eigenvalue weighted by Gasteiger charge is -2.08. The first kappa shape index (κ1) is 11.3. The largest absolute Gasteiger partial charge is 0.390 e. The summed E-state index contributed by atoms with van der Waals surface area (Å²) in [6.07, 6.45) is 0.315. The first-order chi connectivity index (χ1) is 6.54. The second-order valence-electron chi connectivity index (χ2n) is 2.70. The SMILES string of the molecule is O=c1[nH]c(=O)n(CC(O)CCl)cc1Cl. The Kier molecular flexibility index (Phi) is 3.74. The van der Waals surface area contributed by atoms with Gasteiger partial charge in [-0.15, -0.1) is 11.6 Å². The molecule has 14 heavy (non-hydrogen) atoms. The molecule has 0 radical (unpaired) electrons. The number of aliphatic hydroxyl groups excluding tert-OH is 1. The zero-order chi connectivity index (χ0) is 10.7. The molecular weight excluding hydrogens is 231 g/mol. The Balaban J connectivity index is 3.04. The van der Waals surface area contributed by atoms with Crippen molar-refractivity contribution < 1.29 is 5.11 Å². The molecule has 0 aliphatic carbocycles. The highest BCUT2D eigenvalue weighted by Gasteiger charge is 2.07. The fourth-order valence-electron chi connectivity index (χ4n) is 0.894. The van der Waals surface area contributed by atoms with Gasteiger partial charge < -0.3 is 5.11 Å². The van der Waals surface area contributed by atoms with Crippen molar-refractivity contribution in [3.8, 4) is 0 Å². The lowest BCUT2D eigenvalue weighted by atomic mass is 10.4. The van der Waals surface area contributed by atoms with Crippen LogP contribution in [-0.4, -0.2) is 26.6 Å². The van der Waals surface area contributed by atoms with E-state index in [1.54, 1.807) is 0 Å². The lowest BCUT2D eigenvalue weighted by Crippen LogP contribution is -2.33. The summed E-state index contributed by atoms with van der Waals surface area (Å²) in [6, 6.07) is 0. The van der Waals surface area contributed by atoms with E-state index >= 15 is 0 Å². The van der Waals surface area contributed by atoms with Crippen LogP contribution in [0.2, 0.25) is 5.02 Å². The van der Waals surface area contributed by atoms with Crippen LogP contribution in [0.5, 0.6) is 0 Å². The minimum absolute atomic E-state index is 0.00116. The van der Waals surface area contributed by atoms with E-state index < -0.39 is 17.4 Å². The minimum atomic E-state index is -0.851. The van der Waals surface area contributed by atoms with Gasteiger partial charge in [0.05, 0.1) is 18.5 Å². The van der Waals surface area contributed by atoms with E-state index in [-0.39, 0.29) is 17.4 Å². The summed E-state index contributed by atoms with van der Waals surface area (Å²) in [6.45, 7) is -0.00116. The molecule has 0 saturated heterocycles. The van der Waals surface area contributed by atoms with Crippen LogP contribution in [0, 0.1) is 0 Å². The van der Waals surface area contributed by atoms with Gasteiger partial charge in [-0.2, -0.15) is 0 Å². The van der Waals surface area contributed by atoms with Gasteiger partial charge in [-0.1, -0.05) is 11.6 Å². The maximum atomic E-state index is 11.1. The predicted molar refractivity (Wildman–Crippen MR) is 53.1 cm³/mol. The van der Waals surface area contributed by atoms with Crippen LogP contribution in [0.25, 0.3) is 0 Å². The van der Waals surface area contributed by atoms with Crippen LogP contribution in [0.1, 0.15) is 0 Å². The van der Waals surface area contributed by atoms with Crippen LogP contribution < -0.4 is 11.2 Å². The monoisotopic (exact) mass is 238 g/mol. The number of aromatic nitrogens is 2. The zero-order valence-corrected chi connectivity index (χ0v) is 8.55. The van der Waals surface area contributed by atoms with Gasteiger partial charge in [-0.05, 0) is 0 Å². The Morgan fingerprint density at radius 2 is 2.21 bits per heavy atom. The maximum absolute atomic E-state index is 11.1. The van der Waals surface area contributed by atoms with Gasteiger partial charge in [-0.25, -0.2) is 4.79 Å². The standard InChI is InChI=1S/C7H8Cl2N2O3/c8-1-4(12)2-11-3-5(9)6(13)10-7(11)14/h3-4,12H,1-2H2,(H,10,13,14). The number of nitrogens with one attached hydrogen (secondary N) is 1. The molecule has 1 heterocycles. The van der Waals surface area contributed by atoms with E-state index in [1.165, 1.54) is 6.20 Å². The Bertz CT molecular complexity index is 426. The van der Waals surface area contributed by atoms with Crippen molar-refractivity contribution in [3.63, 3.8) is 0 Å². The Morgan fingerprint density at radius 3 is 2.79 bits per heavy atom. The second kappa shape index (κ2) is 4.63. The van der Waals surface area contributed by atoms with Gasteiger partial charge in [0.2, 0.25) is 0 Å². The van der Waals surface area contributed by atoms with Crippen LogP contribution in [0.15, 0.2) is 15.8 Å². The third-order valence-electron chi connectivity index (χ3n) is 1.55. The molecule has 2 N–H and O–H groups in total. The fraction of sp³-hybridized carbons (Fsp3) is 0.429. The smallest absolute Gasteiger partial charge is 0.328 e. The van der Waals surface area contributed by atoms with Gasteiger partial charge in [0, 0.05) is 6.20 Å². The third-order valence-corrected chi connectivity index (χ3v) is 2.18. The van der Waals surface area contributed by atoms with E-state index in [0.29, 0.717) is 0 Å². The van der Waals surface area contributed by atoms with Crippen molar-refractivity contribution in [2.75, 3.05) is 5.88 Å². The second-order valence-corrected chi connectivity index (χ2v) is 3.41. The Morgan fingerprint density at radius 1 is 1.57 bits per heavy atom. The zero-order valence-electron chi connectivity index (χ0n) is 7.04. The molecule has 0 amide bonds. The summed E-state index contributed by atoms with van der Waals surface area (Å²) in [4.78, 5) is 24.0. The van der Waals surface area contributed by atoms with Crippen molar-refractivity contribution in [2.45, 2.75) is 12.6 Å². The maximum Gasteiger partial charge on any atom is 0.328 e. The fourth-order valence-corrected chi connectivity index (χ4v) is 1.16. The number of hydrogen-bond donors (Lipinski definition) is 2. The van der Waals surface area contributed by atoms with E-state index in [1.807, 2.05) is 4.98 Å². The third kappa shape index (κ3) is 2.60. The molecule has 0 saturated carbocycles. The lowest BCUT2D eigenvalue weighted by molar-refractivity contribution is 0.174. The first-order valence-electron chi connectivity index (χ1n) is 3.78. The topological polar surface area (TPSA) is 75.1 Å². The molecule has 1 aromatic rings. The molecule has 1 unspecified atom stereocenters. The molecule has 0 bridgehead atoms. The quantitative estimate of drug-likeness (QED) is 0.716. The molecule has 0 spiro atoms. The van der Waals surface area contributed by atoms with Gasteiger partial charge in [0.15, 0.2) is 0 Å². The van der Waals surface area contributed by atoms with Crippen LogP contribution in [-0.2, 0) is 6.54 Å². The number of hydrogen-bond acceptors (Lipinski definition) is 3. The summed E-state index contributed by atoms with van der Waals surface area (Å²) in [5.74, 6) is 0.00316. The van der Waals surface area contributed by atoms with E-state index in [2.05, 4.69) is 0 Å². The average molecular weight is 239 g/mol. The van der Waals surface area contributed by atoms with Crippen LogP contribution in [0.3, 0.4) is 0 Å². The van der Waals surface area contributed by atoms with Gasteiger partial charge >= 0.3 is 5.69 Å². The predicted octanol–water partition coefficient (Wildman–Crippen LogP) is -0.210. The minimum Gasteiger partial charge on any atom is -0.390 e. The Labute approximate surface area is 88.9 Å². The van der Waals surface area contributed by atoms with Crippen molar-refractivity contribution in [1.82, 2.24) is 9.55 Å². The highest BCUT2D eigenvalue weighted by Crippen LogP contribution is 1.97. The normalized spacial score (nSPS) is 12.8. The van der Waals surface area contributed by atoms with Gasteiger partial charge in [0.25, 0.3) is 5.56 Å². The summed E-state index contributed by atoms with van der Waals surface area (Å²) < 4.78 is 1.09. The molecule has 1 aromatic heterocycles.